The highest BCUT2D eigenvalue weighted by Crippen LogP contribution is 2.31. The van der Waals surface area contributed by atoms with E-state index in [1.54, 1.807) is 21.3 Å². The van der Waals surface area contributed by atoms with Crippen LogP contribution in [0.2, 0.25) is 0 Å². The molecular weight excluding hydrogens is 332 g/mol. The van der Waals surface area contributed by atoms with Crippen molar-refractivity contribution in [3.8, 4) is 17.2 Å². The van der Waals surface area contributed by atoms with E-state index in [2.05, 4.69) is 5.32 Å². The van der Waals surface area contributed by atoms with Gasteiger partial charge in [-0.15, -0.1) is 0 Å². The Hall–Kier alpha value is -2.73. The molecule has 6 heteroatoms. The molecule has 1 aliphatic rings. The van der Waals surface area contributed by atoms with Gasteiger partial charge in [0, 0.05) is 17.7 Å². The van der Waals surface area contributed by atoms with Crippen molar-refractivity contribution in [3.63, 3.8) is 0 Å². The molecule has 0 aliphatic carbocycles. The topological polar surface area (TPSA) is 61.2 Å². The Balaban J connectivity index is 1.62. The zero-order chi connectivity index (χ0) is 18.5. The normalized spacial score (nSPS) is 15.7. The predicted octanol–water partition coefficient (Wildman–Crippen LogP) is 1.29. The monoisotopic (exact) mass is 357 g/mol. The minimum atomic E-state index is 0.00842. The minimum Gasteiger partial charge on any atom is -0.497 e. The summed E-state index contributed by atoms with van der Waals surface area (Å²) in [6, 6.07) is 11.4. The molecule has 138 valence electrons. The molecule has 0 radical (unpaired) electrons. The highest BCUT2D eigenvalue weighted by atomic mass is 16.5. The van der Waals surface area contributed by atoms with Crippen LogP contribution in [0.15, 0.2) is 36.4 Å². The number of ether oxygens (including phenoxy) is 3. The van der Waals surface area contributed by atoms with E-state index in [9.17, 15) is 4.79 Å². The molecule has 0 saturated heterocycles. The van der Waals surface area contributed by atoms with Crippen LogP contribution < -0.4 is 24.4 Å². The maximum Gasteiger partial charge on any atom is 0.279 e. The van der Waals surface area contributed by atoms with E-state index < -0.39 is 0 Å². The van der Waals surface area contributed by atoms with Gasteiger partial charge >= 0.3 is 0 Å². The first kappa shape index (κ1) is 18.1. The number of rotatable bonds is 6. The number of quaternary nitrogens is 1. The summed E-state index contributed by atoms with van der Waals surface area (Å²) >= 11 is 0. The second kappa shape index (κ2) is 8.10. The van der Waals surface area contributed by atoms with Crippen molar-refractivity contribution in [1.82, 2.24) is 0 Å². The number of methoxy groups -OCH3 is 3. The molecule has 1 heterocycles. The number of anilines is 1. The molecule has 26 heavy (non-hydrogen) atoms. The van der Waals surface area contributed by atoms with Gasteiger partial charge in [0.15, 0.2) is 18.0 Å². The first-order valence-corrected chi connectivity index (χ1v) is 8.64. The van der Waals surface area contributed by atoms with Crippen molar-refractivity contribution in [1.29, 1.82) is 0 Å². The van der Waals surface area contributed by atoms with Crippen molar-refractivity contribution < 1.29 is 23.9 Å². The molecule has 2 aromatic carbocycles. The lowest BCUT2D eigenvalue weighted by Gasteiger charge is -2.26. The Kier molecular flexibility index (Phi) is 5.63. The third-order valence-electron chi connectivity index (χ3n) is 4.68. The maximum atomic E-state index is 12.4. The first-order valence-electron chi connectivity index (χ1n) is 8.64. The van der Waals surface area contributed by atoms with Crippen molar-refractivity contribution in [2.45, 2.75) is 13.0 Å². The van der Waals surface area contributed by atoms with E-state index in [1.807, 2.05) is 36.4 Å². The molecule has 1 aliphatic heterocycles. The first-order chi connectivity index (χ1) is 12.6. The molecule has 1 unspecified atom stereocenters. The second-order valence-corrected chi connectivity index (χ2v) is 6.36. The van der Waals surface area contributed by atoms with Crippen LogP contribution in [0.25, 0.3) is 0 Å². The van der Waals surface area contributed by atoms with Crippen LogP contribution in [0.5, 0.6) is 17.2 Å². The van der Waals surface area contributed by atoms with E-state index in [0.29, 0.717) is 6.54 Å². The molecule has 0 saturated carbocycles. The van der Waals surface area contributed by atoms with Gasteiger partial charge in [-0.1, -0.05) is 0 Å². The predicted molar refractivity (Wildman–Crippen MR) is 99.3 cm³/mol. The molecule has 1 atom stereocenters. The van der Waals surface area contributed by atoms with Gasteiger partial charge in [0.2, 0.25) is 0 Å². The fourth-order valence-corrected chi connectivity index (χ4v) is 3.29. The molecule has 2 aromatic rings. The zero-order valence-corrected chi connectivity index (χ0v) is 15.4. The van der Waals surface area contributed by atoms with Crippen LogP contribution in [-0.2, 0) is 17.8 Å². The maximum absolute atomic E-state index is 12.4. The number of benzene rings is 2. The SMILES string of the molecule is COc1ccc(NC(=O)C[NH+]2CCc3cc(OC)c(OC)cc3C2)cc1. The Labute approximate surface area is 153 Å². The number of fused-ring (bicyclic) bond motifs is 1. The molecule has 0 bridgehead atoms. The highest BCUT2D eigenvalue weighted by Gasteiger charge is 2.24. The second-order valence-electron chi connectivity index (χ2n) is 6.36. The van der Waals surface area contributed by atoms with Crippen LogP contribution in [0.4, 0.5) is 5.69 Å². The smallest absolute Gasteiger partial charge is 0.279 e. The summed E-state index contributed by atoms with van der Waals surface area (Å²) in [4.78, 5) is 13.6. The van der Waals surface area contributed by atoms with Gasteiger partial charge in [-0.25, -0.2) is 0 Å². The summed E-state index contributed by atoms with van der Waals surface area (Å²) in [7, 11) is 4.91. The quantitative estimate of drug-likeness (QED) is 0.818. The average molecular weight is 357 g/mol. The van der Waals surface area contributed by atoms with Gasteiger partial charge in [0.05, 0.1) is 27.9 Å². The lowest BCUT2D eigenvalue weighted by molar-refractivity contribution is -0.907. The lowest BCUT2D eigenvalue weighted by Crippen LogP contribution is -3.12. The summed E-state index contributed by atoms with van der Waals surface area (Å²) in [5, 5.41) is 2.95. The lowest BCUT2D eigenvalue weighted by atomic mass is 9.99. The fraction of sp³-hybridized carbons (Fsp3) is 0.350. The van der Waals surface area contributed by atoms with Crippen LogP contribution in [-0.4, -0.2) is 40.3 Å². The molecule has 0 spiro atoms. The van der Waals surface area contributed by atoms with Gasteiger partial charge in [-0.05, 0) is 42.0 Å². The molecule has 1 amide bonds. The molecule has 0 fully saturated rings. The third kappa shape index (κ3) is 4.08. The average Bonchev–Trinajstić information content (AvgIpc) is 2.67. The number of carbonyl (C=O) groups excluding carboxylic acids is 1. The molecule has 0 aromatic heterocycles. The van der Waals surface area contributed by atoms with E-state index >= 15 is 0 Å². The van der Waals surface area contributed by atoms with Crippen molar-refractivity contribution in [3.05, 3.63) is 47.5 Å². The van der Waals surface area contributed by atoms with Gasteiger partial charge < -0.3 is 24.4 Å². The number of hydrogen-bond acceptors (Lipinski definition) is 4. The van der Waals surface area contributed by atoms with Crippen molar-refractivity contribution >= 4 is 11.6 Å². The zero-order valence-electron chi connectivity index (χ0n) is 15.4. The summed E-state index contributed by atoms with van der Waals surface area (Å²) < 4.78 is 15.9. The van der Waals surface area contributed by atoms with Crippen molar-refractivity contribution in [2.24, 2.45) is 0 Å². The van der Waals surface area contributed by atoms with Gasteiger partial charge in [0.25, 0.3) is 5.91 Å². The Morgan fingerprint density at radius 1 is 1.00 bits per heavy atom. The highest BCUT2D eigenvalue weighted by molar-refractivity contribution is 5.91. The Bertz CT molecular complexity index is 774. The fourth-order valence-electron chi connectivity index (χ4n) is 3.29. The minimum absolute atomic E-state index is 0.00842. The summed E-state index contributed by atoms with van der Waals surface area (Å²) in [5.74, 6) is 2.27. The summed E-state index contributed by atoms with van der Waals surface area (Å²) in [5.41, 5.74) is 3.25. The summed E-state index contributed by atoms with van der Waals surface area (Å²) in [6.07, 6.45) is 0.917. The van der Waals surface area contributed by atoms with Gasteiger partial charge in [-0.3, -0.25) is 4.79 Å². The Morgan fingerprint density at radius 3 is 2.27 bits per heavy atom. The number of hydrogen-bond donors (Lipinski definition) is 2. The van der Waals surface area contributed by atoms with Gasteiger partial charge in [-0.2, -0.15) is 0 Å². The Morgan fingerprint density at radius 2 is 1.65 bits per heavy atom. The number of carbonyl (C=O) groups is 1. The largest absolute Gasteiger partial charge is 0.497 e. The van der Waals surface area contributed by atoms with Crippen LogP contribution >= 0.6 is 0 Å². The van der Waals surface area contributed by atoms with E-state index in [-0.39, 0.29) is 5.91 Å². The van der Waals surface area contributed by atoms with E-state index in [0.717, 1.165) is 42.4 Å². The molecule has 2 N–H and O–H groups in total. The van der Waals surface area contributed by atoms with E-state index in [1.165, 1.54) is 16.0 Å². The molecule has 3 rings (SSSR count). The molecular formula is C20H25N2O4+. The van der Waals surface area contributed by atoms with Crippen LogP contribution in [0, 0.1) is 0 Å². The summed E-state index contributed by atoms with van der Waals surface area (Å²) in [6.45, 7) is 2.14. The number of nitrogens with one attached hydrogen (secondary N) is 2. The van der Waals surface area contributed by atoms with E-state index in [4.69, 9.17) is 14.2 Å². The third-order valence-corrected chi connectivity index (χ3v) is 4.68. The standard InChI is InChI=1S/C20H24N2O4/c1-24-17-6-4-16(5-7-17)21-20(23)13-22-9-8-14-10-18(25-2)19(26-3)11-15(14)12-22/h4-7,10-11H,8-9,12-13H2,1-3H3,(H,21,23)/p+1. The van der Waals surface area contributed by atoms with Crippen LogP contribution in [0.1, 0.15) is 11.1 Å². The number of amides is 1. The van der Waals surface area contributed by atoms with Crippen LogP contribution in [0.3, 0.4) is 0 Å². The molecule has 6 nitrogen and oxygen atoms in total. The van der Waals surface area contributed by atoms with Crippen molar-refractivity contribution in [2.75, 3.05) is 39.7 Å². The van der Waals surface area contributed by atoms with Gasteiger partial charge in [0.1, 0.15) is 12.3 Å².